The van der Waals surface area contributed by atoms with Crippen LogP contribution in [-0.2, 0) is 21.0 Å². The molecule has 2 aromatic rings. The van der Waals surface area contributed by atoms with Crippen LogP contribution in [0.15, 0.2) is 46.9 Å². The minimum atomic E-state index is -0.857. The van der Waals surface area contributed by atoms with E-state index < -0.39 is 18.1 Å². The molecule has 1 N–H and O–H groups in total. The average molecular weight is 447 g/mol. The molecule has 2 amide bonds. The molecule has 0 saturated carbocycles. The number of carbonyl (C=O) groups excluding carboxylic acids is 2. The Labute approximate surface area is 170 Å². The molecule has 3 unspecified atom stereocenters. The average Bonchev–Trinajstić information content (AvgIpc) is 3.16. The summed E-state index contributed by atoms with van der Waals surface area (Å²) in [6, 6.07) is 12.6. The molecule has 0 bridgehead atoms. The second-order valence-electron chi connectivity index (χ2n) is 6.85. The number of carbonyl (C=O) groups is 2. The highest BCUT2D eigenvalue weighted by Gasteiger charge is 2.58. The highest BCUT2D eigenvalue weighted by atomic mass is 79.9. The van der Waals surface area contributed by atoms with Gasteiger partial charge in [0.25, 0.3) is 5.91 Å². The van der Waals surface area contributed by atoms with Gasteiger partial charge in [-0.15, -0.1) is 0 Å². The van der Waals surface area contributed by atoms with Gasteiger partial charge in [-0.1, -0.05) is 30.3 Å². The Bertz CT molecular complexity index is 936. The molecular formula is C20H19BrN2O5. The number of phenols is 1. The Kier molecular flexibility index (Phi) is 4.86. The van der Waals surface area contributed by atoms with Gasteiger partial charge in [0.15, 0.2) is 17.6 Å². The van der Waals surface area contributed by atoms with E-state index in [1.165, 1.54) is 14.2 Å². The standard InChI is InChI=1S/C20H19BrN2O5/c1-22-19(25)15-16(12-8-13(21)17(24)14(9-12)27-2)23(28-18(15)20(22)26)10-11-6-4-3-5-7-11/h3-9,15-16,18,24H,10H2,1-2H3. The Hall–Kier alpha value is -2.42. The van der Waals surface area contributed by atoms with Crippen LogP contribution >= 0.6 is 15.9 Å². The van der Waals surface area contributed by atoms with Gasteiger partial charge in [-0.25, -0.2) is 0 Å². The Balaban J connectivity index is 1.78. The number of fused-ring (bicyclic) bond motifs is 1. The van der Waals surface area contributed by atoms with Crippen molar-refractivity contribution < 1.29 is 24.3 Å². The van der Waals surface area contributed by atoms with E-state index in [9.17, 15) is 14.7 Å². The number of hydroxylamine groups is 2. The number of hydrogen-bond donors (Lipinski definition) is 1. The molecule has 2 aliphatic heterocycles. The fraction of sp³-hybridized carbons (Fsp3) is 0.300. The highest BCUT2D eigenvalue weighted by molar-refractivity contribution is 9.10. The van der Waals surface area contributed by atoms with Gasteiger partial charge in [0, 0.05) is 13.6 Å². The Morgan fingerprint density at radius 1 is 1.18 bits per heavy atom. The van der Waals surface area contributed by atoms with Gasteiger partial charge in [-0.2, -0.15) is 5.06 Å². The summed E-state index contributed by atoms with van der Waals surface area (Å²) in [5, 5.41) is 11.8. The number of nitrogens with zero attached hydrogens (tertiary/aromatic N) is 2. The van der Waals surface area contributed by atoms with Crippen LogP contribution in [0.1, 0.15) is 17.2 Å². The van der Waals surface area contributed by atoms with Gasteiger partial charge in [0.1, 0.15) is 0 Å². The van der Waals surface area contributed by atoms with Crippen molar-refractivity contribution in [3.05, 3.63) is 58.1 Å². The summed E-state index contributed by atoms with van der Waals surface area (Å²) in [5.41, 5.74) is 1.70. The van der Waals surface area contributed by atoms with Crippen molar-refractivity contribution in [2.75, 3.05) is 14.2 Å². The summed E-state index contributed by atoms with van der Waals surface area (Å²) in [4.78, 5) is 32.4. The Morgan fingerprint density at radius 2 is 1.89 bits per heavy atom. The first-order valence-corrected chi connectivity index (χ1v) is 9.56. The smallest absolute Gasteiger partial charge is 0.261 e. The van der Waals surface area contributed by atoms with Crippen molar-refractivity contribution in [2.45, 2.75) is 18.7 Å². The number of rotatable bonds is 4. The van der Waals surface area contributed by atoms with E-state index in [0.29, 0.717) is 16.6 Å². The molecule has 3 atom stereocenters. The van der Waals surface area contributed by atoms with Crippen LogP contribution in [0.5, 0.6) is 11.5 Å². The number of phenolic OH excluding ortho intramolecular Hbond substituents is 1. The van der Waals surface area contributed by atoms with E-state index >= 15 is 0 Å². The van der Waals surface area contributed by atoms with Crippen molar-refractivity contribution in [2.24, 2.45) is 5.92 Å². The lowest BCUT2D eigenvalue weighted by Crippen LogP contribution is -2.34. The lowest BCUT2D eigenvalue weighted by atomic mass is 9.90. The zero-order valence-electron chi connectivity index (χ0n) is 15.3. The summed E-state index contributed by atoms with van der Waals surface area (Å²) in [7, 11) is 2.93. The molecule has 2 saturated heterocycles. The summed E-state index contributed by atoms with van der Waals surface area (Å²) in [5.74, 6) is -1.04. The predicted molar refractivity (Wildman–Crippen MR) is 103 cm³/mol. The van der Waals surface area contributed by atoms with Crippen molar-refractivity contribution in [1.29, 1.82) is 0 Å². The first-order valence-electron chi connectivity index (χ1n) is 8.77. The lowest BCUT2D eigenvalue weighted by Gasteiger charge is -2.27. The van der Waals surface area contributed by atoms with Gasteiger partial charge < -0.3 is 9.84 Å². The van der Waals surface area contributed by atoms with Crippen LogP contribution < -0.4 is 4.74 Å². The van der Waals surface area contributed by atoms with Crippen LogP contribution in [0.3, 0.4) is 0 Å². The molecule has 2 aliphatic rings. The number of amides is 2. The summed E-state index contributed by atoms with van der Waals surface area (Å²) in [6.07, 6.45) is -0.857. The number of imide groups is 1. The van der Waals surface area contributed by atoms with Gasteiger partial charge in [-0.05, 0) is 39.2 Å². The molecular weight excluding hydrogens is 428 g/mol. The largest absolute Gasteiger partial charge is 0.503 e. The summed E-state index contributed by atoms with van der Waals surface area (Å²) < 4.78 is 5.70. The van der Waals surface area contributed by atoms with Crippen molar-refractivity contribution >= 4 is 27.7 Å². The number of benzene rings is 2. The lowest BCUT2D eigenvalue weighted by molar-refractivity contribution is -0.183. The number of likely N-dealkylation sites (tertiary alicyclic amines) is 1. The zero-order valence-corrected chi connectivity index (χ0v) is 16.9. The second-order valence-corrected chi connectivity index (χ2v) is 7.70. The molecule has 4 rings (SSSR count). The molecule has 0 aromatic heterocycles. The molecule has 0 aliphatic carbocycles. The molecule has 2 aromatic carbocycles. The molecule has 0 spiro atoms. The van der Waals surface area contributed by atoms with Gasteiger partial charge in [0.05, 0.1) is 23.5 Å². The monoisotopic (exact) mass is 446 g/mol. The zero-order chi connectivity index (χ0) is 20.0. The van der Waals surface area contributed by atoms with Crippen LogP contribution in [0.2, 0.25) is 0 Å². The summed E-state index contributed by atoms with van der Waals surface area (Å²) >= 11 is 3.33. The van der Waals surface area contributed by atoms with Crippen LogP contribution in [0.25, 0.3) is 0 Å². The van der Waals surface area contributed by atoms with Gasteiger partial charge in [-0.3, -0.25) is 19.3 Å². The third-order valence-corrected chi connectivity index (χ3v) is 5.81. The molecule has 28 heavy (non-hydrogen) atoms. The van der Waals surface area contributed by atoms with Crippen LogP contribution in [0.4, 0.5) is 0 Å². The van der Waals surface area contributed by atoms with Crippen molar-refractivity contribution in [3.8, 4) is 11.5 Å². The quantitative estimate of drug-likeness (QED) is 0.727. The van der Waals surface area contributed by atoms with Crippen molar-refractivity contribution in [3.63, 3.8) is 0 Å². The van der Waals surface area contributed by atoms with Gasteiger partial charge in [0.2, 0.25) is 5.91 Å². The van der Waals surface area contributed by atoms with E-state index in [1.54, 1.807) is 17.2 Å². The number of hydrogen-bond acceptors (Lipinski definition) is 6. The predicted octanol–water partition coefficient (Wildman–Crippen LogP) is 2.64. The first-order chi connectivity index (χ1) is 13.4. The van der Waals surface area contributed by atoms with Gasteiger partial charge >= 0.3 is 0 Å². The van der Waals surface area contributed by atoms with Crippen LogP contribution in [-0.4, -0.2) is 47.1 Å². The number of halogens is 1. The third kappa shape index (κ3) is 2.97. The fourth-order valence-electron chi connectivity index (χ4n) is 3.80. The normalized spacial score (nSPS) is 24.7. The van der Waals surface area contributed by atoms with E-state index in [2.05, 4.69) is 15.9 Å². The molecule has 146 valence electrons. The number of ether oxygens (including phenoxy) is 1. The van der Waals surface area contributed by atoms with E-state index in [-0.39, 0.29) is 23.3 Å². The first kappa shape index (κ1) is 18.9. The second kappa shape index (κ2) is 7.20. The number of likely N-dealkylation sites (N-methyl/N-ethyl adjacent to an activating group) is 1. The van der Waals surface area contributed by atoms with E-state index in [1.807, 2.05) is 30.3 Å². The minimum absolute atomic E-state index is 0.0257. The van der Waals surface area contributed by atoms with Crippen molar-refractivity contribution in [1.82, 2.24) is 9.96 Å². The van der Waals surface area contributed by atoms with E-state index in [4.69, 9.17) is 9.57 Å². The SMILES string of the molecule is COc1cc(C2C3C(=O)N(C)C(=O)C3ON2Cc2ccccc2)cc(Br)c1O. The highest BCUT2D eigenvalue weighted by Crippen LogP contribution is 2.47. The minimum Gasteiger partial charge on any atom is -0.503 e. The Morgan fingerprint density at radius 3 is 2.57 bits per heavy atom. The molecule has 0 radical (unpaired) electrons. The maximum absolute atomic E-state index is 12.8. The molecule has 8 heteroatoms. The summed E-state index contributed by atoms with van der Waals surface area (Å²) in [6.45, 7) is 0.406. The maximum Gasteiger partial charge on any atom is 0.261 e. The fourth-order valence-corrected chi connectivity index (χ4v) is 4.26. The van der Waals surface area contributed by atoms with E-state index in [0.717, 1.165) is 10.5 Å². The van der Waals surface area contributed by atoms with Crippen LogP contribution in [0, 0.1) is 5.92 Å². The number of aromatic hydroxyl groups is 1. The molecule has 2 fully saturated rings. The topological polar surface area (TPSA) is 79.3 Å². The molecule has 2 heterocycles. The molecule has 7 nitrogen and oxygen atoms in total. The maximum atomic E-state index is 12.8. The number of methoxy groups -OCH3 is 1. The third-order valence-electron chi connectivity index (χ3n) is 5.21.